The lowest BCUT2D eigenvalue weighted by atomic mass is 10.1. The Bertz CT molecular complexity index is 781. The molecule has 0 heterocycles. The van der Waals surface area contributed by atoms with Crippen molar-refractivity contribution in [3.63, 3.8) is 0 Å². The Morgan fingerprint density at radius 1 is 1.12 bits per heavy atom. The van der Waals surface area contributed by atoms with Crippen molar-refractivity contribution in [3.8, 4) is 11.5 Å². The molecule has 5 nitrogen and oxygen atoms in total. The first-order chi connectivity index (χ1) is 12.4. The van der Waals surface area contributed by atoms with Crippen molar-refractivity contribution in [3.05, 3.63) is 48.0 Å². The van der Waals surface area contributed by atoms with E-state index in [1.807, 2.05) is 0 Å². The van der Waals surface area contributed by atoms with E-state index in [9.17, 15) is 18.4 Å². The van der Waals surface area contributed by atoms with Crippen LogP contribution in [0.2, 0.25) is 0 Å². The van der Waals surface area contributed by atoms with Crippen molar-refractivity contribution < 1.29 is 27.8 Å². The number of hydrogen-bond donors (Lipinski definition) is 1. The van der Waals surface area contributed by atoms with Crippen LogP contribution >= 0.6 is 11.8 Å². The minimum atomic E-state index is -2.49. The number of halogens is 2. The van der Waals surface area contributed by atoms with Gasteiger partial charge in [-0.05, 0) is 49.4 Å². The summed E-state index contributed by atoms with van der Waals surface area (Å²) in [5.74, 6) is -2.35. The maximum Gasteiger partial charge on any atom is 0.288 e. The molecule has 26 heavy (non-hydrogen) atoms. The second-order valence-corrected chi connectivity index (χ2v) is 6.23. The summed E-state index contributed by atoms with van der Waals surface area (Å²) in [4.78, 5) is 23.7. The van der Waals surface area contributed by atoms with E-state index in [0.717, 1.165) is 0 Å². The van der Waals surface area contributed by atoms with Crippen LogP contribution in [0.3, 0.4) is 0 Å². The number of ether oxygens (including phenoxy) is 2. The zero-order valence-electron chi connectivity index (χ0n) is 14.1. The van der Waals surface area contributed by atoms with Crippen molar-refractivity contribution in [1.82, 2.24) is 0 Å². The number of benzene rings is 2. The van der Waals surface area contributed by atoms with Crippen molar-refractivity contribution in [2.75, 3.05) is 19.0 Å². The van der Waals surface area contributed by atoms with Gasteiger partial charge in [-0.15, -0.1) is 0 Å². The van der Waals surface area contributed by atoms with Gasteiger partial charge in [0.15, 0.2) is 23.9 Å². The number of ketones is 1. The molecule has 0 unspecified atom stereocenters. The Hall–Kier alpha value is -2.61. The number of carbonyl (C=O) groups excluding carboxylic acids is 2. The van der Waals surface area contributed by atoms with Crippen molar-refractivity contribution in [1.29, 1.82) is 0 Å². The lowest BCUT2D eigenvalue weighted by Crippen LogP contribution is -2.20. The number of anilines is 1. The van der Waals surface area contributed by atoms with E-state index < -0.39 is 11.7 Å². The number of hydrogen-bond acceptors (Lipinski definition) is 5. The average molecular weight is 381 g/mol. The van der Waals surface area contributed by atoms with Gasteiger partial charge < -0.3 is 14.8 Å². The quantitative estimate of drug-likeness (QED) is 0.548. The van der Waals surface area contributed by atoms with Crippen molar-refractivity contribution >= 4 is 29.1 Å². The summed E-state index contributed by atoms with van der Waals surface area (Å²) in [5, 5.41) is 2.60. The van der Waals surface area contributed by atoms with Gasteiger partial charge in [0, 0.05) is 16.1 Å². The fraction of sp³-hybridized carbons (Fsp3) is 0.222. The van der Waals surface area contributed by atoms with Gasteiger partial charge in [0.05, 0.1) is 7.11 Å². The Balaban J connectivity index is 1.93. The van der Waals surface area contributed by atoms with Gasteiger partial charge in [-0.25, -0.2) is 0 Å². The van der Waals surface area contributed by atoms with Gasteiger partial charge in [0.2, 0.25) is 0 Å². The highest BCUT2D eigenvalue weighted by Gasteiger charge is 2.11. The third-order valence-corrected chi connectivity index (χ3v) is 4.01. The second-order valence-electron chi connectivity index (χ2n) is 5.16. The first kappa shape index (κ1) is 19.7. The molecule has 2 rings (SSSR count). The van der Waals surface area contributed by atoms with Gasteiger partial charge in [-0.3, -0.25) is 9.59 Å². The van der Waals surface area contributed by atoms with E-state index in [4.69, 9.17) is 9.47 Å². The third-order valence-electron chi connectivity index (χ3n) is 3.29. The Kier molecular flexibility index (Phi) is 6.97. The zero-order valence-corrected chi connectivity index (χ0v) is 14.9. The summed E-state index contributed by atoms with van der Waals surface area (Å²) < 4.78 is 35.1. The first-order valence-electron chi connectivity index (χ1n) is 7.55. The van der Waals surface area contributed by atoms with Gasteiger partial charge in [0.1, 0.15) is 0 Å². The van der Waals surface area contributed by atoms with E-state index in [1.165, 1.54) is 44.4 Å². The second kappa shape index (κ2) is 9.19. The number of methoxy groups -OCH3 is 1. The third kappa shape index (κ3) is 5.73. The Morgan fingerprint density at radius 2 is 1.81 bits per heavy atom. The predicted molar refractivity (Wildman–Crippen MR) is 95.4 cm³/mol. The molecule has 0 aliphatic rings. The molecule has 1 amide bonds. The van der Waals surface area contributed by atoms with Gasteiger partial charge in [-0.1, -0.05) is 11.8 Å². The number of nitrogens with one attached hydrogen (secondary N) is 1. The van der Waals surface area contributed by atoms with Crippen LogP contribution in [0, 0.1) is 0 Å². The molecule has 0 aromatic heterocycles. The fourth-order valence-corrected chi connectivity index (χ4v) is 2.56. The van der Waals surface area contributed by atoms with Crippen LogP contribution in [0.25, 0.3) is 0 Å². The monoisotopic (exact) mass is 381 g/mol. The predicted octanol–water partition coefficient (Wildman–Crippen LogP) is 4.23. The van der Waals surface area contributed by atoms with E-state index in [-0.39, 0.29) is 12.4 Å². The molecule has 0 bridgehead atoms. The van der Waals surface area contributed by atoms with Crippen LogP contribution in [-0.4, -0.2) is 31.2 Å². The topological polar surface area (TPSA) is 64.6 Å². The summed E-state index contributed by atoms with van der Waals surface area (Å²) in [6, 6.07) is 10.7. The van der Waals surface area contributed by atoms with Crippen LogP contribution in [0.4, 0.5) is 14.5 Å². The molecular weight excluding hydrogens is 364 g/mol. The van der Waals surface area contributed by atoms with Crippen LogP contribution < -0.4 is 14.8 Å². The van der Waals surface area contributed by atoms with Crippen LogP contribution in [0.5, 0.6) is 11.5 Å². The molecule has 0 saturated carbocycles. The molecule has 0 aliphatic heterocycles. The maximum atomic E-state index is 12.3. The molecule has 0 atom stereocenters. The number of amides is 1. The summed E-state index contributed by atoms with van der Waals surface area (Å²) in [5.41, 5.74) is 0.941. The van der Waals surface area contributed by atoms with E-state index >= 15 is 0 Å². The molecule has 0 fully saturated rings. The van der Waals surface area contributed by atoms with E-state index in [2.05, 4.69) is 5.32 Å². The Morgan fingerprint density at radius 3 is 2.38 bits per heavy atom. The van der Waals surface area contributed by atoms with Crippen LogP contribution in [-0.2, 0) is 4.79 Å². The number of Topliss-reactive ketones (excluding diaryl/α,β-unsaturated/α-hetero) is 1. The summed E-state index contributed by atoms with van der Waals surface area (Å²) in [6.45, 7) is 1.16. The zero-order chi connectivity index (χ0) is 19.1. The molecule has 2 aromatic rings. The minimum absolute atomic E-state index is 0.110. The summed E-state index contributed by atoms with van der Waals surface area (Å²) >= 11 is 0.432. The van der Waals surface area contributed by atoms with Gasteiger partial charge in [0.25, 0.3) is 11.7 Å². The molecule has 0 aliphatic carbocycles. The van der Waals surface area contributed by atoms with E-state index in [1.54, 1.807) is 12.1 Å². The smallest absolute Gasteiger partial charge is 0.288 e. The normalized spacial score (nSPS) is 10.5. The number of carbonyl (C=O) groups is 2. The highest BCUT2D eigenvalue weighted by atomic mass is 32.2. The van der Waals surface area contributed by atoms with Crippen molar-refractivity contribution in [2.24, 2.45) is 0 Å². The molecule has 0 saturated heterocycles. The molecule has 1 N–H and O–H groups in total. The molecule has 0 spiro atoms. The average Bonchev–Trinajstić information content (AvgIpc) is 2.61. The number of rotatable bonds is 8. The lowest BCUT2D eigenvalue weighted by Gasteiger charge is -2.12. The van der Waals surface area contributed by atoms with E-state index in [0.29, 0.717) is 39.4 Å². The Labute approximate surface area is 153 Å². The fourth-order valence-electron chi connectivity index (χ4n) is 2.07. The standard InChI is InChI=1S/C18H17F2NO4S/c1-11(22)12-3-8-15(16(9-12)24-2)25-10-17(23)21-13-4-6-14(7-5-13)26-18(19)20/h3-9,18H,10H2,1-2H3,(H,21,23). The molecule has 2 aromatic carbocycles. The number of alkyl halides is 2. The minimum Gasteiger partial charge on any atom is -0.493 e. The van der Waals surface area contributed by atoms with Gasteiger partial charge >= 0.3 is 0 Å². The maximum absolute atomic E-state index is 12.3. The summed E-state index contributed by atoms with van der Waals surface area (Å²) in [6.07, 6.45) is 0. The lowest BCUT2D eigenvalue weighted by molar-refractivity contribution is -0.118. The van der Waals surface area contributed by atoms with Gasteiger partial charge in [-0.2, -0.15) is 8.78 Å². The van der Waals surface area contributed by atoms with Crippen LogP contribution in [0.1, 0.15) is 17.3 Å². The SMILES string of the molecule is COc1cc(C(C)=O)ccc1OCC(=O)Nc1ccc(SC(F)F)cc1. The highest BCUT2D eigenvalue weighted by molar-refractivity contribution is 7.99. The largest absolute Gasteiger partial charge is 0.493 e. The molecule has 0 radical (unpaired) electrons. The highest BCUT2D eigenvalue weighted by Crippen LogP contribution is 2.28. The van der Waals surface area contributed by atoms with Crippen molar-refractivity contribution in [2.45, 2.75) is 17.6 Å². The molecular formula is C18H17F2NO4S. The number of thioether (sulfide) groups is 1. The summed E-state index contributed by atoms with van der Waals surface area (Å²) in [7, 11) is 1.44. The first-order valence-corrected chi connectivity index (χ1v) is 8.43. The molecule has 138 valence electrons. The van der Waals surface area contributed by atoms with Crippen LogP contribution in [0.15, 0.2) is 47.4 Å². The molecule has 8 heteroatoms.